The van der Waals surface area contributed by atoms with Crippen molar-refractivity contribution in [2.75, 3.05) is 4.90 Å². The van der Waals surface area contributed by atoms with Gasteiger partial charge in [-0.3, -0.25) is 4.79 Å². The highest BCUT2D eigenvalue weighted by Crippen LogP contribution is 2.42. The number of thioether (sulfide) groups is 1. The van der Waals surface area contributed by atoms with E-state index in [1.165, 1.54) is 0 Å². The molecule has 0 bridgehead atoms. The van der Waals surface area contributed by atoms with Gasteiger partial charge >= 0.3 is 0 Å². The molecule has 1 aliphatic heterocycles. The number of hydrogen-bond acceptors (Lipinski definition) is 4. The molecule has 132 valence electrons. The number of fused-ring (bicyclic) bond motifs is 1. The Morgan fingerprint density at radius 3 is 2.65 bits per heavy atom. The number of carbonyl (C=O) groups is 1. The molecule has 1 aliphatic rings. The summed E-state index contributed by atoms with van der Waals surface area (Å²) in [4.78, 5) is 20.8. The molecule has 0 saturated heterocycles. The standard InChI is InChI=1S/C20H20N4OS/c1-13-15(3)26-18-9-5-4-8-17(18)23(13)20(25)16-12-22-24(14(16)2)19-10-6-7-11-21-19/h4-13,15H,1-3H3/t13-,15+/m0/s1. The molecule has 3 aromatic rings. The third-order valence-electron chi connectivity index (χ3n) is 4.85. The molecule has 1 aromatic carbocycles. The highest BCUT2D eigenvalue weighted by atomic mass is 32.2. The molecule has 0 fully saturated rings. The summed E-state index contributed by atoms with van der Waals surface area (Å²) in [6.07, 6.45) is 3.37. The molecule has 26 heavy (non-hydrogen) atoms. The van der Waals surface area contributed by atoms with Crippen LogP contribution >= 0.6 is 11.8 Å². The minimum Gasteiger partial charge on any atom is -0.303 e. The number of hydrogen-bond donors (Lipinski definition) is 0. The Hall–Kier alpha value is -2.60. The van der Waals surface area contributed by atoms with Gasteiger partial charge in [0.25, 0.3) is 5.91 Å². The third kappa shape index (κ3) is 2.70. The molecule has 6 heteroatoms. The zero-order valence-electron chi connectivity index (χ0n) is 15.0. The number of nitrogens with zero attached hydrogens (tertiary/aromatic N) is 4. The Kier molecular flexibility index (Phi) is 4.28. The summed E-state index contributed by atoms with van der Waals surface area (Å²) >= 11 is 1.82. The fourth-order valence-corrected chi connectivity index (χ4v) is 4.40. The summed E-state index contributed by atoms with van der Waals surface area (Å²) in [5.41, 5.74) is 2.37. The Labute approximate surface area is 157 Å². The highest BCUT2D eigenvalue weighted by molar-refractivity contribution is 8.00. The van der Waals surface area contributed by atoms with Gasteiger partial charge in [0.15, 0.2) is 5.82 Å². The van der Waals surface area contributed by atoms with E-state index in [1.807, 2.05) is 60.0 Å². The minimum atomic E-state index is -0.0169. The van der Waals surface area contributed by atoms with Gasteiger partial charge in [-0.2, -0.15) is 5.10 Å². The van der Waals surface area contributed by atoms with Crippen LogP contribution in [0, 0.1) is 6.92 Å². The summed E-state index contributed by atoms with van der Waals surface area (Å²) in [5.74, 6) is 0.692. The number of anilines is 1. The van der Waals surface area contributed by atoms with Crippen LogP contribution in [0.25, 0.3) is 5.82 Å². The number of amides is 1. The van der Waals surface area contributed by atoms with E-state index in [-0.39, 0.29) is 11.9 Å². The van der Waals surface area contributed by atoms with Crippen molar-refractivity contribution in [3.8, 4) is 5.82 Å². The smallest absolute Gasteiger partial charge is 0.262 e. The van der Waals surface area contributed by atoms with Crippen LogP contribution in [0.3, 0.4) is 0 Å². The van der Waals surface area contributed by atoms with E-state index < -0.39 is 0 Å². The van der Waals surface area contributed by atoms with Gasteiger partial charge in [0, 0.05) is 22.4 Å². The van der Waals surface area contributed by atoms with E-state index in [1.54, 1.807) is 17.1 Å². The van der Waals surface area contributed by atoms with Crippen molar-refractivity contribution in [3.63, 3.8) is 0 Å². The number of benzene rings is 1. The van der Waals surface area contributed by atoms with Gasteiger partial charge in [-0.25, -0.2) is 9.67 Å². The fraction of sp³-hybridized carbons (Fsp3) is 0.250. The molecule has 4 rings (SSSR count). The second kappa shape index (κ2) is 6.61. The van der Waals surface area contributed by atoms with Crippen molar-refractivity contribution in [1.29, 1.82) is 0 Å². The molecule has 0 saturated carbocycles. The summed E-state index contributed by atoms with van der Waals surface area (Å²) < 4.78 is 1.71. The second-order valence-electron chi connectivity index (χ2n) is 6.45. The number of aromatic nitrogens is 3. The molecule has 0 unspecified atom stereocenters. The van der Waals surface area contributed by atoms with Crippen LogP contribution in [0.1, 0.15) is 29.9 Å². The second-order valence-corrected chi connectivity index (χ2v) is 7.87. The van der Waals surface area contributed by atoms with E-state index in [2.05, 4.69) is 30.0 Å². The number of rotatable bonds is 2. The van der Waals surface area contributed by atoms with Crippen LogP contribution in [-0.2, 0) is 0 Å². The molecule has 0 spiro atoms. The Morgan fingerprint density at radius 2 is 1.88 bits per heavy atom. The number of pyridine rings is 1. The average molecular weight is 364 g/mol. The Bertz CT molecular complexity index is 953. The quantitative estimate of drug-likeness (QED) is 0.687. The van der Waals surface area contributed by atoms with Crippen LogP contribution in [0.2, 0.25) is 0 Å². The zero-order valence-corrected chi connectivity index (χ0v) is 15.8. The molecule has 2 aromatic heterocycles. The van der Waals surface area contributed by atoms with E-state index in [9.17, 15) is 4.79 Å². The van der Waals surface area contributed by atoms with Gasteiger partial charge in [0.2, 0.25) is 0 Å². The first-order chi connectivity index (χ1) is 12.6. The van der Waals surface area contributed by atoms with Crippen molar-refractivity contribution in [2.45, 2.75) is 37.0 Å². The summed E-state index contributed by atoms with van der Waals surface area (Å²) in [6.45, 7) is 6.17. The maximum atomic E-state index is 13.4. The van der Waals surface area contributed by atoms with E-state index in [0.717, 1.165) is 16.3 Å². The van der Waals surface area contributed by atoms with E-state index in [0.29, 0.717) is 16.6 Å². The maximum absolute atomic E-state index is 13.4. The monoisotopic (exact) mass is 364 g/mol. The lowest BCUT2D eigenvalue weighted by molar-refractivity contribution is 0.0976. The average Bonchev–Trinajstić information content (AvgIpc) is 3.04. The van der Waals surface area contributed by atoms with Crippen LogP contribution in [0.4, 0.5) is 5.69 Å². The van der Waals surface area contributed by atoms with Crippen molar-refractivity contribution >= 4 is 23.4 Å². The molecule has 0 aliphatic carbocycles. The lowest BCUT2D eigenvalue weighted by Crippen LogP contribution is -2.46. The molecule has 3 heterocycles. The first-order valence-corrected chi connectivity index (χ1v) is 9.51. The third-order valence-corrected chi connectivity index (χ3v) is 6.21. The maximum Gasteiger partial charge on any atom is 0.262 e. The fourth-order valence-electron chi connectivity index (χ4n) is 3.24. The SMILES string of the molecule is Cc1c(C(=O)N2c3ccccc3S[C@H](C)[C@@H]2C)cnn1-c1ccccn1. The largest absolute Gasteiger partial charge is 0.303 e. The summed E-state index contributed by atoms with van der Waals surface area (Å²) in [6, 6.07) is 13.8. The summed E-state index contributed by atoms with van der Waals surface area (Å²) in [5, 5.41) is 4.72. The molecule has 5 nitrogen and oxygen atoms in total. The first kappa shape index (κ1) is 16.8. The van der Waals surface area contributed by atoms with Crippen LogP contribution in [0.15, 0.2) is 59.8 Å². The molecule has 2 atom stereocenters. The van der Waals surface area contributed by atoms with Gasteiger partial charge in [0.1, 0.15) is 0 Å². The van der Waals surface area contributed by atoms with Gasteiger partial charge in [-0.1, -0.05) is 25.1 Å². The van der Waals surface area contributed by atoms with Crippen molar-refractivity contribution < 1.29 is 4.79 Å². The van der Waals surface area contributed by atoms with Gasteiger partial charge in [0.05, 0.1) is 23.1 Å². The Balaban J connectivity index is 1.76. The van der Waals surface area contributed by atoms with Crippen molar-refractivity contribution in [3.05, 3.63) is 66.1 Å². The van der Waals surface area contributed by atoms with Gasteiger partial charge in [-0.15, -0.1) is 11.8 Å². The highest BCUT2D eigenvalue weighted by Gasteiger charge is 2.35. The molecule has 0 radical (unpaired) electrons. The van der Waals surface area contributed by atoms with Crippen molar-refractivity contribution in [1.82, 2.24) is 14.8 Å². The topological polar surface area (TPSA) is 51.0 Å². The molecule has 0 N–H and O–H groups in total. The van der Waals surface area contributed by atoms with Gasteiger partial charge < -0.3 is 4.90 Å². The molecular weight excluding hydrogens is 344 g/mol. The molecular formula is C20H20N4OS. The lowest BCUT2D eigenvalue weighted by Gasteiger charge is -2.38. The minimum absolute atomic E-state index is 0.0169. The lowest BCUT2D eigenvalue weighted by atomic mass is 10.1. The zero-order chi connectivity index (χ0) is 18.3. The van der Waals surface area contributed by atoms with Gasteiger partial charge in [-0.05, 0) is 38.1 Å². The predicted molar refractivity (Wildman–Crippen MR) is 104 cm³/mol. The van der Waals surface area contributed by atoms with Crippen LogP contribution in [-0.4, -0.2) is 32.0 Å². The first-order valence-electron chi connectivity index (χ1n) is 8.63. The van der Waals surface area contributed by atoms with Crippen LogP contribution in [0.5, 0.6) is 0 Å². The summed E-state index contributed by atoms with van der Waals surface area (Å²) in [7, 11) is 0. The van der Waals surface area contributed by atoms with Crippen LogP contribution < -0.4 is 4.90 Å². The van der Waals surface area contributed by atoms with Crippen molar-refractivity contribution in [2.24, 2.45) is 0 Å². The Morgan fingerprint density at radius 1 is 1.12 bits per heavy atom. The number of para-hydroxylation sites is 1. The molecule has 1 amide bonds. The number of carbonyl (C=O) groups excluding carboxylic acids is 1. The normalized spacial score (nSPS) is 19.3. The van der Waals surface area contributed by atoms with E-state index in [4.69, 9.17) is 0 Å². The predicted octanol–water partition coefficient (Wildman–Crippen LogP) is 4.11. The van der Waals surface area contributed by atoms with E-state index >= 15 is 0 Å².